The van der Waals surface area contributed by atoms with E-state index in [-0.39, 0.29) is 0 Å². The second-order valence-corrected chi connectivity index (χ2v) is 4.64. The van der Waals surface area contributed by atoms with Crippen LogP contribution in [0.5, 0.6) is 11.5 Å². The van der Waals surface area contributed by atoms with Crippen molar-refractivity contribution in [3.8, 4) is 11.5 Å². The van der Waals surface area contributed by atoms with E-state index in [1.54, 1.807) is 7.11 Å². The predicted molar refractivity (Wildman–Crippen MR) is 79.4 cm³/mol. The minimum absolute atomic E-state index is 0.609. The van der Waals surface area contributed by atoms with Gasteiger partial charge in [0.25, 0.3) is 0 Å². The Kier molecular flexibility index (Phi) is 4.64. The van der Waals surface area contributed by atoms with Gasteiger partial charge < -0.3 is 14.6 Å². The van der Waals surface area contributed by atoms with E-state index in [1.165, 1.54) is 0 Å². The predicted octanol–water partition coefficient (Wildman–Crippen LogP) is 3.48. The quantitative estimate of drug-likeness (QED) is 0.905. The highest BCUT2D eigenvalue weighted by atomic mass is 16.5. The van der Waals surface area contributed by atoms with Crippen molar-refractivity contribution in [2.24, 2.45) is 0 Å². The van der Waals surface area contributed by atoms with Crippen LogP contribution < -0.4 is 9.47 Å². The number of aliphatic hydroxyl groups is 1. The summed E-state index contributed by atoms with van der Waals surface area (Å²) in [7, 11) is 1.63. The molecule has 2 aromatic rings. The highest BCUT2D eigenvalue weighted by Gasteiger charge is 2.13. The average Bonchev–Trinajstić information content (AvgIpc) is 2.48. The molecule has 0 saturated heterocycles. The minimum Gasteiger partial charge on any atom is -0.496 e. The molecule has 0 heterocycles. The van der Waals surface area contributed by atoms with Crippen LogP contribution in [0.15, 0.2) is 42.5 Å². The highest BCUT2D eigenvalue weighted by Crippen LogP contribution is 2.29. The second kappa shape index (κ2) is 6.44. The number of rotatable bonds is 5. The molecule has 2 rings (SSSR count). The van der Waals surface area contributed by atoms with E-state index in [0.717, 1.165) is 28.2 Å². The topological polar surface area (TPSA) is 38.7 Å². The largest absolute Gasteiger partial charge is 0.496 e. The fourth-order valence-corrected chi connectivity index (χ4v) is 2.14. The summed E-state index contributed by atoms with van der Waals surface area (Å²) in [5.41, 5.74) is 2.66. The van der Waals surface area contributed by atoms with Gasteiger partial charge in [0.15, 0.2) is 0 Å². The molecule has 0 aliphatic rings. The first kappa shape index (κ1) is 14.4. The fourth-order valence-electron chi connectivity index (χ4n) is 2.14. The third-order valence-corrected chi connectivity index (χ3v) is 3.23. The molecular weight excluding hydrogens is 252 g/mol. The van der Waals surface area contributed by atoms with E-state index in [2.05, 4.69) is 0 Å². The van der Waals surface area contributed by atoms with Gasteiger partial charge in [-0.05, 0) is 48.7 Å². The zero-order valence-electron chi connectivity index (χ0n) is 12.1. The van der Waals surface area contributed by atoms with Crippen molar-refractivity contribution in [1.29, 1.82) is 0 Å². The summed E-state index contributed by atoms with van der Waals surface area (Å²) in [4.78, 5) is 0. The fraction of sp³-hybridized carbons (Fsp3) is 0.294. The Morgan fingerprint density at radius 1 is 1.10 bits per heavy atom. The first-order valence-electron chi connectivity index (χ1n) is 6.71. The van der Waals surface area contributed by atoms with E-state index in [4.69, 9.17) is 9.47 Å². The van der Waals surface area contributed by atoms with E-state index in [0.29, 0.717) is 6.61 Å². The van der Waals surface area contributed by atoms with E-state index in [9.17, 15) is 5.11 Å². The van der Waals surface area contributed by atoms with Crippen LogP contribution in [0, 0.1) is 6.92 Å². The molecule has 2 aromatic carbocycles. The van der Waals surface area contributed by atoms with Crippen LogP contribution >= 0.6 is 0 Å². The maximum Gasteiger partial charge on any atom is 0.122 e. The molecule has 0 aliphatic heterocycles. The number of hydrogen-bond donors (Lipinski definition) is 1. The molecule has 3 heteroatoms. The summed E-state index contributed by atoms with van der Waals surface area (Å²) >= 11 is 0. The third kappa shape index (κ3) is 3.11. The average molecular weight is 272 g/mol. The van der Waals surface area contributed by atoms with Crippen molar-refractivity contribution >= 4 is 0 Å². The molecule has 20 heavy (non-hydrogen) atoms. The Hall–Kier alpha value is -2.00. The van der Waals surface area contributed by atoms with Crippen LogP contribution in [-0.4, -0.2) is 18.8 Å². The third-order valence-electron chi connectivity index (χ3n) is 3.23. The van der Waals surface area contributed by atoms with Crippen LogP contribution in [0.4, 0.5) is 0 Å². The summed E-state index contributed by atoms with van der Waals surface area (Å²) in [6.45, 7) is 4.52. The van der Waals surface area contributed by atoms with Crippen molar-refractivity contribution in [2.75, 3.05) is 13.7 Å². The molecule has 1 unspecified atom stereocenters. The van der Waals surface area contributed by atoms with E-state index >= 15 is 0 Å². The maximum atomic E-state index is 10.5. The smallest absolute Gasteiger partial charge is 0.122 e. The summed E-state index contributed by atoms with van der Waals surface area (Å²) in [6.07, 6.45) is -0.690. The molecule has 0 aliphatic carbocycles. The molecule has 1 atom stereocenters. The first-order valence-corrected chi connectivity index (χ1v) is 6.71. The number of methoxy groups -OCH3 is 1. The normalized spacial score (nSPS) is 12.0. The summed E-state index contributed by atoms with van der Waals surface area (Å²) < 4.78 is 10.8. The van der Waals surface area contributed by atoms with Crippen molar-refractivity contribution in [1.82, 2.24) is 0 Å². The van der Waals surface area contributed by atoms with E-state index in [1.807, 2.05) is 56.3 Å². The maximum absolute atomic E-state index is 10.5. The molecule has 0 amide bonds. The molecular formula is C17H20O3. The SMILES string of the molecule is CCOc1cccc(C(O)c2ccc(C)c(OC)c2)c1. The molecule has 0 aromatic heterocycles. The van der Waals surface area contributed by atoms with Crippen molar-refractivity contribution in [2.45, 2.75) is 20.0 Å². The Morgan fingerprint density at radius 3 is 2.55 bits per heavy atom. The van der Waals surface area contributed by atoms with Gasteiger partial charge >= 0.3 is 0 Å². The monoisotopic (exact) mass is 272 g/mol. The van der Waals surface area contributed by atoms with Gasteiger partial charge in [-0.15, -0.1) is 0 Å². The number of benzene rings is 2. The lowest BCUT2D eigenvalue weighted by Crippen LogP contribution is -2.01. The van der Waals surface area contributed by atoms with E-state index < -0.39 is 6.10 Å². The summed E-state index contributed by atoms with van der Waals surface area (Å²) in [6, 6.07) is 13.2. The van der Waals surface area contributed by atoms with Crippen molar-refractivity contribution < 1.29 is 14.6 Å². The van der Waals surface area contributed by atoms with Crippen LogP contribution in [0.1, 0.15) is 29.7 Å². The zero-order chi connectivity index (χ0) is 14.5. The molecule has 0 spiro atoms. The Morgan fingerprint density at radius 2 is 1.85 bits per heavy atom. The summed E-state index contributed by atoms with van der Waals surface area (Å²) in [5, 5.41) is 10.5. The lowest BCUT2D eigenvalue weighted by atomic mass is 10.00. The Balaban J connectivity index is 2.30. The van der Waals surface area contributed by atoms with Crippen LogP contribution in [0.3, 0.4) is 0 Å². The van der Waals surface area contributed by atoms with Gasteiger partial charge in [0.1, 0.15) is 17.6 Å². The number of ether oxygens (including phenoxy) is 2. The Labute approximate surface area is 119 Å². The van der Waals surface area contributed by atoms with Crippen LogP contribution in [-0.2, 0) is 0 Å². The lowest BCUT2D eigenvalue weighted by Gasteiger charge is -2.15. The number of aliphatic hydroxyl groups excluding tert-OH is 1. The van der Waals surface area contributed by atoms with Gasteiger partial charge in [-0.2, -0.15) is 0 Å². The van der Waals surface area contributed by atoms with Crippen molar-refractivity contribution in [3.63, 3.8) is 0 Å². The molecule has 0 saturated carbocycles. The first-order chi connectivity index (χ1) is 9.65. The highest BCUT2D eigenvalue weighted by molar-refractivity contribution is 5.41. The molecule has 0 radical (unpaired) electrons. The molecule has 0 bridgehead atoms. The Bertz CT molecular complexity index is 578. The molecule has 0 fully saturated rings. The van der Waals surface area contributed by atoms with Crippen LogP contribution in [0.2, 0.25) is 0 Å². The van der Waals surface area contributed by atoms with Gasteiger partial charge in [-0.3, -0.25) is 0 Å². The van der Waals surface area contributed by atoms with Crippen molar-refractivity contribution in [3.05, 3.63) is 59.2 Å². The second-order valence-electron chi connectivity index (χ2n) is 4.64. The summed E-state index contributed by atoms with van der Waals surface area (Å²) in [5.74, 6) is 1.55. The van der Waals surface area contributed by atoms with Gasteiger partial charge in [0.2, 0.25) is 0 Å². The number of aryl methyl sites for hydroxylation is 1. The standard InChI is InChI=1S/C17H20O3/c1-4-20-15-7-5-6-13(10-15)17(18)14-9-8-12(2)16(11-14)19-3/h5-11,17-18H,4H2,1-3H3. The molecule has 106 valence electrons. The molecule has 1 N–H and O–H groups in total. The van der Waals surface area contributed by atoms with Crippen LogP contribution in [0.25, 0.3) is 0 Å². The molecule has 3 nitrogen and oxygen atoms in total. The van der Waals surface area contributed by atoms with Gasteiger partial charge in [-0.1, -0.05) is 24.3 Å². The lowest BCUT2D eigenvalue weighted by molar-refractivity contribution is 0.219. The van der Waals surface area contributed by atoms with Gasteiger partial charge in [0.05, 0.1) is 13.7 Å². The van der Waals surface area contributed by atoms with Gasteiger partial charge in [-0.25, -0.2) is 0 Å². The zero-order valence-corrected chi connectivity index (χ0v) is 12.1. The minimum atomic E-state index is -0.690. The van der Waals surface area contributed by atoms with Gasteiger partial charge in [0, 0.05) is 0 Å². The number of hydrogen-bond acceptors (Lipinski definition) is 3.